The molecule has 1 amide bonds. The summed E-state index contributed by atoms with van der Waals surface area (Å²) < 4.78 is 7.68. The normalized spacial score (nSPS) is 10.7. The predicted molar refractivity (Wildman–Crippen MR) is 134 cm³/mol. The Bertz CT molecular complexity index is 1380. The maximum absolute atomic E-state index is 13.0. The van der Waals surface area contributed by atoms with Gasteiger partial charge in [-0.05, 0) is 56.2 Å². The van der Waals surface area contributed by atoms with Gasteiger partial charge in [-0.2, -0.15) is 5.10 Å². The fourth-order valence-electron chi connectivity index (χ4n) is 3.87. The van der Waals surface area contributed by atoms with Gasteiger partial charge in [0.1, 0.15) is 12.4 Å². The second-order valence-corrected chi connectivity index (χ2v) is 8.34. The highest BCUT2D eigenvalue weighted by atomic mass is 16.6. The molecule has 1 N–H and O–H groups in total. The zero-order valence-corrected chi connectivity index (χ0v) is 19.8. The first-order valence-electron chi connectivity index (χ1n) is 11.2. The number of hydrogen-bond acceptors (Lipinski definition) is 5. The van der Waals surface area contributed by atoms with E-state index in [-0.39, 0.29) is 18.2 Å². The number of aryl methyl sites for hydroxylation is 2. The summed E-state index contributed by atoms with van der Waals surface area (Å²) in [6.07, 6.45) is 0. The summed E-state index contributed by atoms with van der Waals surface area (Å²) in [5.41, 5.74) is 5.35. The first-order chi connectivity index (χ1) is 16.8. The van der Waals surface area contributed by atoms with Crippen LogP contribution in [0.1, 0.15) is 38.4 Å². The lowest BCUT2D eigenvalue weighted by Crippen LogP contribution is -2.14. The number of carbonyl (C=O) groups excluding carboxylic acids is 1. The van der Waals surface area contributed by atoms with Crippen LogP contribution in [0, 0.1) is 30.9 Å². The van der Waals surface area contributed by atoms with E-state index in [9.17, 15) is 14.9 Å². The third kappa shape index (κ3) is 5.55. The SMILES string of the molecule is Cc1cc(OCc2cccc(C(=O)Nc3c(C)nn(Cc4ccccc4)c3C)c2)ccc1[N+](=O)[O-]. The molecule has 1 heterocycles. The van der Waals surface area contributed by atoms with Crippen molar-refractivity contribution in [1.29, 1.82) is 0 Å². The van der Waals surface area contributed by atoms with Crippen molar-refractivity contribution < 1.29 is 14.5 Å². The number of anilines is 1. The molecule has 4 aromatic rings. The van der Waals surface area contributed by atoms with Gasteiger partial charge in [0.15, 0.2) is 0 Å². The van der Waals surface area contributed by atoms with Gasteiger partial charge in [0.05, 0.1) is 28.5 Å². The molecule has 0 saturated carbocycles. The largest absolute Gasteiger partial charge is 0.489 e. The van der Waals surface area contributed by atoms with Crippen molar-refractivity contribution in [2.45, 2.75) is 33.9 Å². The van der Waals surface area contributed by atoms with Gasteiger partial charge in [-0.3, -0.25) is 19.6 Å². The first-order valence-corrected chi connectivity index (χ1v) is 11.2. The molecule has 0 saturated heterocycles. The van der Waals surface area contributed by atoms with E-state index in [1.165, 1.54) is 6.07 Å². The molecular formula is C27H26N4O4. The number of benzene rings is 3. The van der Waals surface area contributed by atoms with Gasteiger partial charge in [-0.15, -0.1) is 0 Å². The molecule has 35 heavy (non-hydrogen) atoms. The van der Waals surface area contributed by atoms with Gasteiger partial charge in [-0.25, -0.2) is 0 Å². The topological polar surface area (TPSA) is 99.3 Å². The van der Waals surface area contributed by atoms with E-state index in [4.69, 9.17) is 4.74 Å². The highest BCUT2D eigenvalue weighted by Gasteiger charge is 2.16. The van der Waals surface area contributed by atoms with Gasteiger partial charge >= 0.3 is 0 Å². The standard InChI is InChI=1S/C27H26N4O4/c1-18-14-24(12-13-25(18)31(33)34)35-17-22-10-7-11-23(15-22)27(32)28-26-19(2)29-30(20(26)3)16-21-8-5-4-6-9-21/h4-15H,16-17H2,1-3H3,(H,28,32). The Morgan fingerprint density at radius 1 is 1.00 bits per heavy atom. The molecule has 0 unspecified atom stereocenters. The molecular weight excluding hydrogens is 444 g/mol. The zero-order valence-electron chi connectivity index (χ0n) is 19.8. The van der Waals surface area contributed by atoms with Crippen LogP contribution in [0.4, 0.5) is 11.4 Å². The quantitative estimate of drug-likeness (QED) is 0.267. The average molecular weight is 471 g/mol. The zero-order chi connectivity index (χ0) is 24.9. The van der Waals surface area contributed by atoms with Gasteiger partial charge < -0.3 is 10.1 Å². The predicted octanol–water partition coefficient (Wildman–Crippen LogP) is 5.60. The molecule has 4 rings (SSSR count). The lowest BCUT2D eigenvalue weighted by molar-refractivity contribution is -0.385. The van der Waals surface area contributed by atoms with Gasteiger partial charge in [0.2, 0.25) is 0 Å². The lowest BCUT2D eigenvalue weighted by atomic mass is 10.1. The van der Waals surface area contributed by atoms with Crippen molar-refractivity contribution in [3.63, 3.8) is 0 Å². The van der Waals surface area contributed by atoms with Gasteiger partial charge in [-0.1, -0.05) is 42.5 Å². The van der Waals surface area contributed by atoms with Crippen molar-refractivity contribution in [2.75, 3.05) is 5.32 Å². The third-order valence-electron chi connectivity index (χ3n) is 5.75. The maximum Gasteiger partial charge on any atom is 0.272 e. The number of ether oxygens (including phenoxy) is 1. The number of rotatable bonds is 8. The summed E-state index contributed by atoms with van der Waals surface area (Å²) in [5.74, 6) is 0.295. The molecule has 0 radical (unpaired) electrons. The molecule has 1 aromatic heterocycles. The molecule has 0 bridgehead atoms. The van der Waals surface area contributed by atoms with Crippen LogP contribution in [0.15, 0.2) is 72.8 Å². The number of nitrogens with zero attached hydrogens (tertiary/aromatic N) is 3. The summed E-state index contributed by atoms with van der Waals surface area (Å²) in [6, 6.07) is 21.8. The summed E-state index contributed by atoms with van der Waals surface area (Å²) >= 11 is 0. The fraction of sp³-hybridized carbons (Fsp3) is 0.185. The summed E-state index contributed by atoms with van der Waals surface area (Å²) in [5, 5.41) is 18.6. The maximum atomic E-state index is 13.0. The van der Waals surface area contributed by atoms with Crippen LogP contribution in [0.5, 0.6) is 5.75 Å². The monoisotopic (exact) mass is 470 g/mol. The average Bonchev–Trinajstić information content (AvgIpc) is 3.10. The molecule has 0 fully saturated rings. The van der Waals surface area contributed by atoms with E-state index in [1.807, 2.05) is 54.9 Å². The van der Waals surface area contributed by atoms with Crippen LogP contribution in [0.25, 0.3) is 0 Å². The fourth-order valence-corrected chi connectivity index (χ4v) is 3.87. The minimum absolute atomic E-state index is 0.0497. The number of aromatic nitrogens is 2. The highest BCUT2D eigenvalue weighted by molar-refractivity contribution is 6.05. The molecule has 3 aromatic carbocycles. The number of amides is 1. The van der Waals surface area contributed by atoms with Crippen LogP contribution >= 0.6 is 0 Å². The molecule has 0 aliphatic carbocycles. The second kappa shape index (κ2) is 10.2. The number of nitro benzene ring substituents is 1. The van der Waals surface area contributed by atoms with Crippen molar-refractivity contribution in [3.05, 3.63) is 117 Å². The van der Waals surface area contributed by atoms with Gasteiger partial charge in [0, 0.05) is 17.2 Å². The summed E-state index contributed by atoms with van der Waals surface area (Å²) in [7, 11) is 0. The second-order valence-electron chi connectivity index (χ2n) is 8.34. The van der Waals surface area contributed by atoms with Crippen molar-refractivity contribution in [2.24, 2.45) is 0 Å². The van der Waals surface area contributed by atoms with E-state index in [2.05, 4.69) is 10.4 Å². The minimum atomic E-state index is -0.421. The van der Waals surface area contributed by atoms with Crippen LogP contribution in [0.2, 0.25) is 0 Å². The molecule has 8 heteroatoms. The van der Waals surface area contributed by atoms with E-state index in [0.29, 0.717) is 29.1 Å². The van der Waals surface area contributed by atoms with Crippen molar-refractivity contribution in [1.82, 2.24) is 9.78 Å². The first kappa shape index (κ1) is 23.7. The van der Waals surface area contributed by atoms with E-state index in [1.54, 1.807) is 37.3 Å². The van der Waals surface area contributed by atoms with Crippen molar-refractivity contribution >= 4 is 17.3 Å². The Labute approximate surface area is 203 Å². The Morgan fingerprint density at radius 3 is 2.46 bits per heavy atom. The van der Waals surface area contributed by atoms with Crippen LogP contribution in [0.3, 0.4) is 0 Å². The van der Waals surface area contributed by atoms with Crippen molar-refractivity contribution in [3.8, 4) is 5.75 Å². The molecule has 0 atom stereocenters. The number of carbonyl (C=O) groups is 1. The summed E-state index contributed by atoms with van der Waals surface area (Å²) in [4.78, 5) is 23.6. The highest BCUT2D eigenvalue weighted by Crippen LogP contribution is 2.24. The minimum Gasteiger partial charge on any atom is -0.489 e. The summed E-state index contributed by atoms with van der Waals surface area (Å²) in [6.45, 7) is 6.33. The lowest BCUT2D eigenvalue weighted by Gasteiger charge is -2.10. The third-order valence-corrected chi connectivity index (χ3v) is 5.75. The molecule has 0 aliphatic heterocycles. The van der Waals surface area contributed by atoms with Crippen LogP contribution in [-0.4, -0.2) is 20.6 Å². The Kier molecular flexibility index (Phi) is 6.91. The van der Waals surface area contributed by atoms with Crippen LogP contribution in [-0.2, 0) is 13.2 Å². The van der Waals surface area contributed by atoms with Crippen LogP contribution < -0.4 is 10.1 Å². The Morgan fingerprint density at radius 2 is 1.74 bits per heavy atom. The van der Waals surface area contributed by atoms with E-state index in [0.717, 1.165) is 22.5 Å². The number of nitrogens with one attached hydrogen (secondary N) is 1. The molecule has 0 spiro atoms. The molecule has 8 nitrogen and oxygen atoms in total. The Balaban J connectivity index is 1.44. The number of hydrogen-bond donors (Lipinski definition) is 1. The number of nitro groups is 1. The molecule has 178 valence electrons. The van der Waals surface area contributed by atoms with E-state index < -0.39 is 4.92 Å². The van der Waals surface area contributed by atoms with Gasteiger partial charge in [0.25, 0.3) is 11.6 Å². The molecule has 0 aliphatic rings. The van der Waals surface area contributed by atoms with E-state index >= 15 is 0 Å². The smallest absolute Gasteiger partial charge is 0.272 e. The Hall–Kier alpha value is -4.46.